The lowest BCUT2D eigenvalue weighted by molar-refractivity contribution is -0.118. The summed E-state index contributed by atoms with van der Waals surface area (Å²) in [6, 6.07) is 0.508. The minimum absolute atomic E-state index is 0. The third-order valence-electron chi connectivity index (χ3n) is 3.05. The normalized spacial score (nSPS) is 29.1. The Labute approximate surface area is 113 Å². The maximum Gasteiger partial charge on any atom is 0.242 e. The van der Waals surface area contributed by atoms with E-state index in [2.05, 4.69) is 36.5 Å². The van der Waals surface area contributed by atoms with Gasteiger partial charge in [0, 0.05) is 6.04 Å². The van der Waals surface area contributed by atoms with Gasteiger partial charge in [-0.25, -0.2) is 4.98 Å². The van der Waals surface area contributed by atoms with Crippen LogP contribution in [0.5, 0.6) is 0 Å². The molecule has 17 heavy (non-hydrogen) atoms. The van der Waals surface area contributed by atoms with Gasteiger partial charge in [0.05, 0.1) is 18.4 Å². The molecule has 2 heterocycles. The molecule has 2 fully saturated rings. The van der Waals surface area contributed by atoms with E-state index in [0.717, 1.165) is 6.42 Å². The maximum atomic E-state index is 11.8. The molecule has 0 bridgehead atoms. The Bertz CT molecular complexity index is 434. The fraction of sp³-hybridized carbons (Fsp3) is 0.500. The van der Waals surface area contributed by atoms with Crippen molar-refractivity contribution in [2.45, 2.75) is 24.9 Å². The average molecular weight is 320 g/mol. The number of hydrogen-bond donors (Lipinski definition) is 2. The first-order chi connectivity index (χ1) is 7.72. The highest BCUT2D eigenvalue weighted by molar-refractivity contribution is 9.10. The number of rotatable bonds is 2. The van der Waals surface area contributed by atoms with Crippen molar-refractivity contribution in [3.8, 4) is 0 Å². The van der Waals surface area contributed by atoms with Crippen molar-refractivity contribution >= 4 is 40.1 Å². The van der Waals surface area contributed by atoms with E-state index in [-0.39, 0.29) is 24.4 Å². The van der Waals surface area contributed by atoms with Crippen molar-refractivity contribution in [2.24, 2.45) is 5.92 Å². The molecule has 3 atom stereocenters. The second-order valence-corrected chi connectivity index (χ2v) is 5.09. The van der Waals surface area contributed by atoms with Crippen LogP contribution in [0, 0.1) is 5.92 Å². The summed E-state index contributed by atoms with van der Waals surface area (Å²) in [5.74, 6) is 1.19. The number of anilines is 1. The molecule has 0 radical (unpaired) electrons. The Hall–Kier alpha value is -0.720. The topological polar surface area (TPSA) is 66.9 Å². The van der Waals surface area contributed by atoms with E-state index in [1.165, 1.54) is 6.42 Å². The van der Waals surface area contributed by atoms with Gasteiger partial charge in [0.1, 0.15) is 4.60 Å². The van der Waals surface area contributed by atoms with Gasteiger partial charge in [-0.1, -0.05) is 0 Å². The van der Waals surface area contributed by atoms with Crippen LogP contribution in [0.3, 0.4) is 0 Å². The van der Waals surface area contributed by atoms with Crippen LogP contribution in [0.15, 0.2) is 17.0 Å². The summed E-state index contributed by atoms with van der Waals surface area (Å²) in [6.45, 7) is 0. The molecule has 1 saturated carbocycles. The number of nitrogens with one attached hydrogen (secondary N) is 2. The van der Waals surface area contributed by atoms with Gasteiger partial charge in [-0.05, 0) is 34.7 Å². The first-order valence-corrected chi connectivity index (χ1v) is 6.06. The van der Waals surface area contributed by atoms with E-state index in [9.17, 15) is 4.79 Å². The zero-order chi connectivity index (χ0) is 11.1. The minimum atomic E-state index is -0.0652. The molecule has 2 aliphatic rings. The third kappa shape index (κ3) is 2.75. The quantitative estimate of drug-likeness (QED) is 0.863. The van der Waals surface area contributed by atoms with Crippen molar-refractivity contribution in [1.29, 1.82) is 0 Å². The fourth-order valence-corrected chi connectivity index (χ4v) is 2.45. The second kappa shape index (κ2) is 4.88. The predicted octanol–water partition coefficient (Wildman–Crippen LogP) is 1.35. The summed E-state index contributed by atoms with van der Waals surface area (Å²) in [7, 11) is 0. The van der Waals surface area contributed by atoms with Crippen molar-refractivity contribution in [3.63, 3.8) is 0 Å². The van der Waals surface area contributed by atoms with E-state index in [4.69, 9.17) is 0 Å². The van der Waals surface area contributed by atoms with Gasteiger partial charge in [-0.2, -0.15) is 0 Å². The van der Waals surface area contributed by atoms with Crippen LogP contribution in [0.1, 0.15) is 12.8 Å². The van der Waals surface area contributed by atoms with Crippen molar-refractivity contribution in [3.05, 3.63) is 17.0 Å². The van der Waals surface area contributed by atoms with E-state index >= 15 is 0 Å². The molecule has 7 heteroatoms. The number of amides is 1. The molecule has 1 amide bonds. The monoisotopic (exact) mass is 318 g/mol. The molecule has 3 rings (SSSR count). The highest BCUT2D eigenvalue weighted by atomic mass is 79.9. The number of carbonyl (C=O) groups excluding carboxylic acids is 1. The summed E-state index contributed by atoms with van der Waals surface area (Å²) in [5, 5.41) is 6.05. The molecule has 0 unspecified atom stereocenters. The van der Waals surface area contributed by atoms with E-state index in [1.54, 1.807) is 12.4 Å². The number of nitrogens with zero attached hydrogens (tertiary/aromatic N) is 2. The molecule has 1 aromatic heterocycles. The maximum absolute atomic E-state index is 11.8. The lowest BCUT2D eigenvalue weighted by Gasteiger charge is -2.12. The fourth-order valence-electron chi connectivity index (χ4n) is 2.14. The summed E-state index contributed by atoms with van der Waals surface area (Å²) in [4.78, 5) is 19.9. The van der Waals surface area contributed by atoms with Gasteiger partial charge >= 0.3 is 0 Å². The summed E-state index contributed by atoms with van der Waals surface area (Å²) >= 11 is 3.21. The summed E-state index contributed by atoms with van der Waals surface area (Å²) < 4.78 is 0.618. The lowest BCUT2D eigenvalue weighted by Crippen LogP contribution is -2.38. The van der Waals surface area contributed by atoms with Crippen LogP contribution in [0.2, 0.25) is 0 Å². The Morgan fingerprint density at radius 1 is 1.47 bits per heavy atom. The van der Waals surface area contributed by atoms with Crippen molar-refractivity contribution in [2.75, 3.05) is 5.32 Å². The van der Waals surface area contributed by atoms with Crippen LogP contribution < -0.4 is 10.6 Å². The van der Waals surface area contributed by atoms with Crippen molar-refractivity contribution in [1.82, 2.24) is 15.3 Å². The first kappa shape index (κ1) is 12.7. The zero-order valence-corrected chi connectivity index (χ0v) is 11.3. The standard InChI is InChI=1S/C10H11BrN4O.ClH/c11-8-3-12-4-9(14-8)15-10(16)7-2-5-1-6(5)13-7;/h3-7,13H,1-2H2,(H,14,15,16);1H/t5-,6-,7+;/m1./s1. The SMILES string of the molecule is Cl.O=C(Nc1cncc(Br)n1)[C@@H]1C[C@H]2C[C@H]2N1. The molecular weight excluding hydrogens is 307 g/mol. The number of aromatic nitrogens is 2. The Kier molecular flexibility index (Phi) is 3.65. The molecular formula is C10H12BrClN4O. The highest BCUT2D eigenvalue weighted by Gasteiger charge is 2.47. The second-order valence-electron chi connectivity index (χ2n) is 4.27. The van der Waals surface area contributed by atoms with Crippen LogP contribution in [-0.2, 0) is 4.79 Å². The van der Waals surface area contributed by atoms with Gasteiger partial charge in [0.2, 0.25) is 5.91 Å². The Morgan fingerprint density at radius 2 is 2.29 bits per heavy atom. The molecule has 2 N–H and O–H groups in total. The molecule has 0 spiro atoms. The Morgan fingerprint density at radius 3 is 2.94 bits per heavy atom. The molecule has 1 aromatic rings. The lowest BCUT2D eigenvalue weighted by atomic mass is 10.2. The van der Waals surface area contributed by atoms with E-state index in [1.807, 2.05) is 0 Å². The van der Waals surface area contributed by atoms with Crippen LogP contribution in [0.4, 0.5) is 5.82 Å². The van der Waals surface area contributed by atoms with Crippen LogP contribution in [-0.4, -0.2) is 28.0 Å². The van der Waals surface area contributed by atoms with Gasteiger partial charge in [-0.3, -0.25) is 9.78 Å². The highest BCUT2D eigenvalue weighted by Crippen LogP contribution is 2.40. The molecule has 92 valence electrons. The first-order valence-electron chi connectivity index (χ1n) is 5.27. The number of piperidine rings is 1. The third-order valence-corrected chi connectivity index (χ3v) is 3.43. The number of halogens is 2. The molecule has 1 aliphatic heterocycles. The summed E-state index contributed by atoms with van der Waals surface area (Å²) in [6.07, 6.45) is 5.29. The average Bonchev–Trinajstić information content (AvgIpc) is 2.86. The van der Waals surface area contributed by atoms with Gasteiger partial charge in [0.15, 0.2) is 5.82 Å². The number of carbonyl (C=O) groups is 1. The molecule has 0 aromatic carbocycles. The van der Waals surface area contributed by atoms with Crippen LogP contribution >= 0.6 is 28.3 Å². The predicted molar refractivity (Wildman–Crippen MR) is 69.0 cm³/mol. The van der Waals surface area contributed by atoms with Gasteiger partial charge < -0.3 is 10.6 Å². The molecule has 1 saturated heterocycles. The zero-order valence-electron chi connectivity index (χ0n) is 8.89. The minimum Gasteiger partial charge on any atom is -0.308 e. The van der Waals surface area contributed by atoms with Crippen LogP contribution in [0.25, 0.3) is 0 Å². The van der Waals surface area contributed by atoms with Gasteiger partial charge in [-0.15, -0.1) is 12.4 Å². The van der Waals surface area contributed by atoms with E-state index < -0.39 is 0 Å². The van der Waals surface area contributed by atoms with E-state index in [0.29, 0.717) is 22.4 Å². The number of fused-ring (bicyclic) bond motifs is 1. The summed E-state index contributed by atoms with van der Waals surface area (Å²) in [5.41, 5.74) is 0. The van der Waals surface area contributed by atoms with Gasteiger partial charge in [0.25, 0.3) is 0 Å². The van der Waals surface area contributed by atoms with Crippen molar-refractivity contribution < 1.29 is 4.79 Å². The molecule has 1 aliphatic carbocycles. The number of hydrogen-bond acceptors (Lipinski definition) is 4. The Balaban J connectivity index is 0.00000108. The molecule has 5 nitrogen and oxygen atoms in total. The smallest absolute Gasteiger partial charge is 0.242 e. The largest absolute Gasteiger partial charge is 0.308 e.